The lowest BCUT2D eigenvalue weighted by Gasteiger charge is -2.26. The summed E-state index contributed by atoms with van der Waals surface area (Å²) < 4.78 is 5.52. The number of furan rings is 1. The van der Waals surface area contributed by atoms with Crippen LogP contribution in [0.5, 0.6) is 0 Å². The maximum absolute atomic E-state index is 12.1. The third kappa shape index (κ3) is 3.26. The normalized spacial score (nSPS) is 24.0. The molecule has 2 atom stereocenters. The highest BCUT2D eigenvalue weighted by molar-refractivity contribution is 5.89. The Morgan fingerprint density at radius 3 is 2.90 bits per heavy atom. The van der Waals surface area contributed by atoms with Crippen LogP contribution in [0.2, 0.25) is 0 Å². The van der Waals surface area contributed by atoms with E-state index in [1.54, 1.807) is 6.26 Å². The van der Waals surface area contributed by atoms with Crippen LogP contribution in [-0.4, -0.2) is 42.9 Å². The number of hydrogen-bond acceptors (Lipinski definition) is 4. The number of amides is 2. The predicted molar refractivity (Wildman–Crippen MR) is 76.4 cm³/mol. The van der Waals surface area contributed by atoms with Gasteiger partial charge in [-0.2, -0.15) is 0 Å². The number of hydrogen-bond donors (Lipinski definition) is 2. The summed E-state index contributed by atoms with van der Waals surface area (Å²) in [7, 11) is 0. The van der Waals surface area contributed by atoms with Gasteiger partial charge in [-0.15, -0.1) is 0 Å². The Morgan fingerprint density at radius 1 is 1.48 bits per heavy atom. The second kappa shape index (κ2) is 6.30. The summed E-state index contributed by atoms with van der Waals surface area (Å²) in [6, 6.07) is 3.91. The molecule has 0 radical (unpaired) electrons. The van der Waals surface area contributed by atoms with Crippen molar-refractivity contribution in [2.45, 2.75) is 25.3 Å². The molecular weight excluding hydrogens is 270 g/mol. The minimum absolute atomic E-state index is 0.0442. The van der Waals surface area contributed by atoms with Crippen LogP contribution in [0.4, 0.5) is 0 Å². The van der Waals surface area contributed by atoms with Crippen molar-refractivity contribution in [3.63, 3.8) is 0 Å². The number of rotatable bonds is 5. The van der Waals surface area contributed by atoms with Gasteiger partial charge >= 0.3 is 0 Å². The van der Waals surface area contributed by atoms with Crippen LogP contribution in [-0.2, 0) is 9.59 Å². The molecule has 1 aromatic heterocycles. The molecule has 2 amide bonds. The Morgan fingerprint density at radius 2 is 2.29 bits per heavy atom. The van der Waals surface area contributed by atoms with E-state index in [4.69, 9.17) is 4.42 Å². The van der Waals surface area contributed by atoms with Gasteiger partial charge in [-0.05, 0) is 38.1 Å². The largest absolute Gasteiger partial charge is 0.468 e. The SMILES string of the molecule is O=C1CC(C(=O)NCC(c2ccco2)N2CCCC2)CN1. The molecule has 0 spiro atoms. The molecule has 2 fully saturated rings. The van der Waals surface area contributed by atoms with Gasteiger partial charge in [-0.1, -0.05) is 0 Å². The zero-order valence-corrected chi connectivity index (χ0v) is 12.0. The smallest absolute Gasteiger partial charge is 0.225 e. The van der Waals surface area contributed by atoms with Crippen molar-refractivity contribution in [2.75, 3.05) is 26.2 Å². The van der Waals surface area contributed by atoms with Crippen molar-refractivity contribution in [3.8, 4) is 0 Å². The molecule has 2 aliphatic rings. The van der Waals surface area contributed by atoms with Crippen LogP contribution in [0, 0.1) is 5.92 Å². The van der Waals surface area contributed by atoms with E-state index in [0.29, 0.717) is 19.5 Å². The summed E-state index contributed by atoms with van der Waals surface area (Å²) in [5.41, 5.74) is 0. The molecule has 114 valence electrons. The average molecular weight is 291 g/mol. The summed E-state index contributed by atoms with van der Waals surface area (Å²) in [4.78, 5) is 25.6. The molecule has 2 saturated heterocycles. The first-order chi connectivity index (χ1) is 10.2. The van der Waals surface area contributed by atoms with Gasteiger partial charge in [0.05, 0.1) is 18.2 Å². The zero-order valence-electron chi connectivity index (χ0n) is 12.0. The summed E-state index contributed by atoms with van der Waals surface area (Å²) in [5, 5.41) is 5.67. The van der Waals surface area contributed by atoms with Crippen molar-refractivity contribution >= 4 is 11.8 Å². The van der Waals surface area contributed by atoms with Crippen LogP contribution in [0.1, 0.15) is 31.1 Å². The van der Waals surface area contributed by atoms with Gasteiger partial charge < -0.3 is 15.1 Å². The molecule has 6 nitrogen and oxygen atoms in total. The Kier molecular flexibility index (Phi) is 4.24. The molecule has 0 aliphatic carbocycles. The highest BCUT2D eigenvalue weighted by Crippen LogP contribution is 2.25. The van der Waals surface area contributed by atoms with Gasteiger partial charge in [0.1, 0.15) is 5.76 Å². The van der Waals surface area contributed by atoms with Crippen LogP contribution in [0.25, 0.3) is 0 Å². The van der Waals surface area contributed by atoms with Crippen LogP contribution >= 0.6 is 0 Å². The van der Waals surface area contributed by atoms with Gasteiger partial charge in [0.15, 0.2) is 0 Å². The molecule has 3 heterocycles. The quantitative estimate of drug-likeness (QED) is 0.836. The van der Waals surface area contributed by atoms with Crippen molar-refractivity contribution < 1.29 is 14.0 Å². The van der Waals surface area contributed by atoms with Crippen LogP contribution in [0.3, 0.4) is 0 Å². The van der Waals surface area contributed by atoms with E-state index in [1.165, 1.54) is 12.8 Å². The molecule has 21 heavy (non-hydrogen) atoms. The van der Waals surface area contributed by atoms with Crippen LogP contribution < -0.4 is 10.6 Å². The fourth-order valence-corrected chi connectivity index (χ4v) is 3.08. The van der Waals surface area contributed by atoms with Crippen molar-refractivity contribution in [2.24, 2.45) is 5.92 Å². The average Bonchev–Trinajstić information content (AvgIpc) is 3.21. The van der Waals surface area contributed by atoms with E-state index >= 15 is 0 Å². The van der Waals surface area contributed by atoms with Gasteiger partial charge in [0, 0.05) is 19.5 Å². The third-order valence-corrected chi connectivity index (χ3v) is 4.27. The Labute approximate surface area is 123 Å². The maximum atomic E-state index is 12.1. The molecule has 6 heteroatoms. The molecule has 2 unspecified atom stereocenters. The monoisotopic (exact) mass is 291 g/mol. The maximum Gasteiger partial charge on any atom is 0.225 e. The van der Waals surface area contributed by atoms with Gasteiger partial charge in [-0.25, -0.2) is 0 Å². The summed E-state index contributed by atoms with van der Waals surface area (Å²) >= 11 is 0. The number of carbonyl (C=O) groups excluding carboxylic acids is 2. The predicted octanol–water partition coefficient (Wildman–Crippen LogP) is 0.669. The van der Waals surface area contributed by atoms with E-state index in [0.717, 1.165) is 18.8 Å². The molecule has 1 aromatic rings. The Balaban J connectivity index is 1.59. The summed E-state index contributed by atoms with van der Waals surface area (Å²) in [5.74, 6) is 0.549. The highest BCUT2D eigenvalue weighted by Gasteiger charge is 2.30. The molecule has 3 rings (SSSR count). The van der Waals surface area contributed by atoms with Crippen molar-refractivity contribution in [3.05, 3.63) is 24.2 Å². The number of likely N-dealkylation sites (tertiary alicyclic amines) is 1. The molecular formula is C15H21N3O3. The lowest BCUT2D eigenvalue weighted by molar-refractivity contribution is -0.126. The molecule has 0 aromatic carbocycles. The van der Waals surface area contributed by atoms with E-state index in [-0.39, 0.29) is 23.8 Å². The minimum Gasteiger partial charge on any atom is -0.468 e. The number of nitrogens with one attached hydrogen (secondary N) is 2. The second-order valence-corrected chi connectivity index (χ2v) is 5.72. The lowest BCUT2D eigenvalue weighted by Crippen LogP contribution is -2.39. The van der Waals surface area contributed by atoms with Crippen molar-refractivity contribution in [1.29, 1.82) is 0 Å². The fourth-order valence-electron chi connectivity index (χ4n) is 3.08. The number of nitrogens with zero attached hydrogens (tertiary/aromatic N) is 1. The summed E-state index contributed by atoms with van der Waals surface area (Å²) in [6.45, 7) is 3.03. The molecule has 2 N–H and O–H groups in total. The van der Waals surface area contributed by atoms with Crippen molar-refractivity contribution in [1.82, 2.24) is 15.5 Å². The Hall–Kier alpha value is -1.82. The molecule has 0 bridgehead atoms. The minimum atomic E-state index is -0.242. The van der Waals surface area contributed by atoms with Gasteiger partial charge in [0.2, 0.25) is 11.8 Å². The first kappa shape index (κ1) is 14.1. The molecule has 2 aliphatic heterocycles. The first-order valence-corrected chi connectivity index (χ1v) is 7.56. The summed E-state index contributed by atoms with van der Waals surface area (Å²) in [6.07, 6.45) is 4.33. The topological polar surface area (TPSA) is 74.6 Å². The Bertz CT molecular complexity index is 494. The van der Waals surface area contributed by atoms with Crippen LogP contribution in [0.15, 0.2) is 22.8 Å². The van der Waals surface area contributed by atoms with E-state index in [2.05, 4.69) is 15.5 Å². The van der Waals surface area contributed by atoms with Gasteiger partial charge in [0.25, 0.3) is 0 Å². The first-order valence-electron chi connectivity index (χ1n) is 7.56. The zero-order chi connectivity index (χ0) is 14.7. The van der Waals surface area contributed by atoms with E-state index in [1.807, 2.05) is 12.1 Å². The highest BCUT2D eigenvalue weighted by atomic mass is 16.3. The third-order valence-electron chi connectivity index (χ3n) is 4.27. The lowest BCUT2D eigenvalue weighted by atomic mass is 10.1. The van der Waals surface area contributed by atoms with Gasteiger partial charge in [-0.3, -0.25) is 14.5 Å². The standard InChI is InChI=1S/C15H21N3O3/c19-14-8-11(9-16-14)15(20)17-10-12(13-4-3-7-21-13)18-5-1-2-6-18/h3-4,7,11-12H,1-2,5-6,8-10H2,(H,16,19)(H,17,20). The van der Waals surface area contributed by atoms with E-state index in [9.17, 15) is 9.59 Å². The fraction of sp³-hybridized carbons (Fsp3) is 0.600. The molecule has 0 saturated carbocycles. The van der Waals surface area contributed by atoms with E-state index < -0.39 is 0 Å². The second-order valence-electron chi connectivity index (χ2n) is 5.72. The number of carbonyl (C=O) groups is 2.